The molecule has 1 rings (SSSR count). The average Bonchev–Trinajstić information content (AvgIpc) is 2.15. The first kappa shape index (κ1) is 12.3. The number of nitrogens with zero attached hydrogens (tertiary/aromatic N) is 1. The van der Waals surface area contributed by atoms with Gasteiger partial charge in [0.05, 0.1) is 10.7 Å². The molecular formula is C9H14ClN3OS. The molecule has 0 amide bonds. The normalized spacial score (nSPS) is 14.6. The molecule has 1 aromatic rings. The van der Waals surface area contributed by atoms with Crippen LogP contribution >= 0.6 is 11.6 Å². The zero-order valence-corrected chi connectivity index (χ0v) is 10.2. The van der Waals surface area contributed by atoms with Crippen molar-refractivity contribution in [2.45, 2.75) is 12.2 Å². The molecule has 0 bridgehead atoms. The molecule has 1 heterocycles. The van der Waals surface area contributed by atoms with Crippen LogP contribution in [0.25, 0.3) is 0 Å². The quantitative estimate of drug-likeness (QED) is 0.846. The molecule has 0 spiro atoms. The lowest BCUT2D eigenvalue weighted by molar-refractivity contribution is 0.679. The zero-order valence-electron chi connectivity index (χ0n) is 8.66. The van der Waals surface area contributed by atoms with Gasteiger partial charge in [0.1, 0.15) is 5.82 Å². The van der Waals surface area contributed by atoms with Crippen LogP contribution in [0.5, 0.6) is 0 Å². The first-order valence-corrected chi connectivity index (χ1v) is 6.47. The number of aromatic nitrogens is 1. The van der Waals surface area contributed by atoms with Gasteiger partial charge in [-0.3, -0.25) is 4.21 Å². The minimum atomic E-state index is -0.852. The third-order valence-corrected chi connectivity index (χ3v) is 3.51. The van der Waals surface area contributed by atoms with E-state index >= 15 is 0 Å². The first-order valence-electron chi connectivity index (χ1n) is 4.48. The van der Waals surface area contributed by atoms with Crippen molar-refractivity contribution in [3.05, 3.63) is 17.3 Å². The maximum absolute atomic E-state index is 11.1. The van der Waals surface area contributed by atoms with E-state index in [-0.39, 0.29) is 5.25 Å². The maximum atomic E-state index is 11.1. The first-order chi connectivity index (χ1) is 7.00. The Kier molecular flexibility index (Phi) is 4.35. The fourth-order valence-corrected chi connectivity index (χ4v) is 1.44. The molecule has 0 aromatic carbocycles. The molecule has 2 atom stereocenters. The predicted octanol–water partition coefficient (Wildman–Crippen LogP) is 1.50. The number of hydrogen-bond donors (Lipinski definition) is 2. The monoisotopic (exact) mass is 247 g/mol. The largest absolute Gasteiger partial charge is 0.396 e. The minimum Gasteiger partial charge on any atom is -0.396 e. The highest BCUT2D eigenvalue weighted by Gasteiger charge is 2.07. The third-order valence-electron chi connectivity index (χ3n) is 2.01. The number of nitrogens with one attached hydrogen (secondary N) is 1. The van der Waals surface area contributed by atoms with Crippen molar-refractivity contribution in [2.24, 2.45) is 0 Å². The Labute approximate surface area is 96.7 Å². The number of hydrogen-bond acceptors (Lipinski definition) is 4. The van der Waals surface area contributed by atoms with E-state index in [1.807, 2.05) is 6.92 Å². The molecule has 2 unspecified atom stereocenters. The highest BCUT2D eigenvalue weighted by atomic mass is 35.5. The SMILES string of the molecule is CC(CNc1ncc(Cl)cc1N)S(C)=O. The van der Waals surface area contributed by atoms with Gasteiger partial charge in [-0.1, -0.05) is 11.6 Å². The molecule has 0 saturated carbocycles. The van der Waals surface area contributed by atoms with Crippen molar-refractivity contribution in [2.75, 3.05) is 23.9 Å². The summed E-state index contributed by atoms with van der Waals surface area (Å²) in [5.41, 5.74) is 6.20. The summed E-state index contributed by atoms with van der Waals surface area (Å²) in [5.74, 6) is 0.580. The van der Waals surface area contributed by atoms with Gasteiger partial charge in [0.25, 0.3) is 0 Å². The van der Waals surface area contributed by atoms with Gasteiger partial charge in [0.15, 0.2) is 0 Å². The molecule has 1 aromatic heterocycles. The molecule has 15 heavy (non-hydrogen) atoms. The lowest BCUT2D eigenvalue weighted by Crippen LogP contribution is -2.21. The Morgan fingerprint density at radius 2 is 2.40 bits per heavy atom. The molecule has 3 N–H and O–H groups in total. The molecule has 0 aliphatic heterocycles. The molecule has 6 heteroatoms. The van der Waals surface area contributed by atoms with Crippen LogP contribution in [-0.2, 0) is 10.8 Å². The second-order valence-electron chi connectivity index (χ2n) is 3.28. The number of nitrogen functional groups attached to an aromatic ring is 1. The second kappa shape index (κ2) is 5.32. The van der Waals surface area contributed by atoms with Gasteiger partial charge in [0, 0.05) is 35.0 Å². The topological polar surface area (TPSA) is 68.0 Å². The van der Waals surface area contributed by atoms with Crippen molar-refractivity contribution in [3.63, 3.8) is 0 Å². The second-order valence-corrected chi connectivity index (χ2v) is 5.52. The standard InChI is InChI=1S/C9H14ClN3OS/c1-6(15(2)14)4-12-9-8(11)3-7(10)5-13-9/h3,5-6H,4,11H2,1-2H3,(H,12,13). The third kappa shape index (κ3) is 3.68. The molecule has 4 nitrogen and oxygen atoms in total. The van der Waals surface area contributed by atoms with E-state index in [0.717, 1.165) is 0 Å². The van der Waals surface area contributed by atoms with Crippen LogP contribution in [0.3, 0.4) is 0 Å². The Morgan fingerprint density at radius 3 is 2.93 bits per heavy atom. The lowest BCUT2D eigenvalue weighted by atomic mass is 10.4. The van der Waals surface area contributed by atoms with Crippen LogP contribution in [0.1, 0.15) is 6.92 Å². The zero-order chi connectivity index (χ0) is 11.4. The molecule has 0 saturated heterocycles. The van der Waals surface area contributed by atoms with E-state index in [1.165, 1.54) is 6.20 Å². The van der Waals surface area contributed by atoms with Crippen molar-refractivity contribution in [1.82, 2.24) is 4.98 Å². The number of rotatable bonds is 4. The summed E-state index contributed by atoms with van der Waals surface area (Å²) in [6.07, 6.45) is 3.19. The molecular weight excluding hydrogens is 234 g/mol. The summed E-state index contributed by atoms with van der Waals surface area (Å²) in [4.78, 5) is 4.04. The summed E-state index contributed by atoms with van der Waals surface area (Å²) in [7, 11) is -0.852. The summed E-state index contributed by atoms with van der Waals surface area (Å²) >= 11 is 5.71. The van der Waals surface area contributed by atoms with Gasteiger partial charge in [-0.05, 0) is 13.0 Å². The van der Waals surface area contributed by atoms with Crippen molar-refractivity contribution in [3.8, 4) is 0 Å². The lowest BCUT2D eigenvalue weighted by Gasteiger charge is -2.11. The smallest absolute Gasteiger partial charge is 0.149 e. The summed E-state index contributed by atoms with van der Waals surface area (Å²) in [6.45, 7) is 2.47. The van der Waals surface area contributed by atoms with E-state index in [9.17, 15) is 4.21 Å². The van der Waals surface area contributed by atoms with Gasteiger partial charge >= 0.3 is 0 Å². The van der Waals surface area contributed by atoms with Gasteiger partial charge in [-0.15, -0.1) is 0 Å². The van der Waals surface area contributed by atoms with Gasteiger partial charge in [-0.25, -0.2) is 4.98 Å². The van der Waals surface area contributed by atoms with Crippen LogP contribution in [0.2, 0.25) is 5.02 Å². The van der Waals surface area contributed by atoms with Gasteiger partial charge in [-0.2, -0.15) is 0 Å². The Bertz CT molecular complexity index is 372. The number of anilines is 2. The predicted molar refractivity (Wildman–Crippen MR) is 65.7 cm³/mol. The van der Waals surface area contributed by atoms with E-state index in [1.54, 1.807) is 12.3 Å². The van der Waals surface area contributed by atoms with Gasteiger partial charge in [0.2, 0.25) is 0 Å². The Balaban J connectivity index is 2.62. The van der Waals surface area contributed by atoms with Crippen LogP contribution in [-0.4, -0.2) is 27.2 Å². The van der Waals surface area contributed by atoms with Crippen LogP contribution in [0, 0.1) is 0 Å². The van der Waals surface area contributed by atoms with Gasteiger partial charge < -0.3 is 11.1 Å². The highest BCUT2D eigenvalue weighted by molar-refractivity contribution is 7.84. The number of pyridine rings is 1. The van der Waals surface area contributed by atoms with E-state index in [4.69, 9.17) is 17.3 Å². The van der Waals surface area contributed by atoms with Crippen LogP contribution in [0.15, 0.2) is 12.3 Å². The fourth-order valence-electron chi connectivity index (χ4n) is 0.960. The molecule has 0 aliphatic carbocycles. The van der Waals surface area contributed by atoms with Crippen LogP contribution in [0.4, 0.5) is 11.5 Å². The van der Waals surface area contributed by atoms with Crippen molar-refractivity contribution >= 4 is 33.9 Å². The van der Waals surface area contributed by atoms with Crippen LogP contribution < -0.4 is 11.1 Å². The number of halogens is 1. The van der Waals surface area contributed by atoms with E-state index in [0.29, 0.717) is 23.1 Å². The molecule has 0 fully saturated rings. The average molecular weight is 248 g/mol. The summed E-state index contributed by atoms with van der Waals surface area (Å²) < 4.78 is 11.1. The number of nitrogens with two attached hydrogens (primary N) is 1. The van der Waals surface area contributed by atoms with E-state index < -0.39 is 10.8 Å². The minimum absolute atomic E-state index is 0.0573. The Morgan fingerprint density at radius 1 is 1.73 bits per heavy atom. The highest BCUT2D eigenvalue weighted by Crippen LogP contribution is 2.19. The Hall–Kier alpha value is -0.810. The fraction of sp³-hybridized carbons (Fsp3) is 0.444. The van der Waals surface area contributed by atoms with E-state index in [2.05, 4.69) is 10.3 Å². The molecule has 0 aliphatic rings. The summed E-state index contributed by atoms with van der Waals surface area (Å²) in [6, 6.07) is 1.63. The van der Waals surface area contributed by atoms with Crippen molar-refractivity contribution < 1.29 is 4.21 Å². The summed E-state index contributed by atoms with van der Waals surface area (Å²) in [5, 5.41) is 3.60. The molecule has 84 valence electrons. The maximum Gasteiger partial charge on any atom is 0.149 e. The molecule has 0 radical (unpaired) electrons. The van der Waals surface area contributed by atoms with Crippen molar-refractivity contribution in [1.29, 1.82) is 0 Å².